The summed E-state index contributed by atoms with van der Waals surface area (Å²) in [4.78, 5) is 0. The van der Waals surface area contributed by atoms with E-state index in [0.717, 1.165) is 0 Å². The molecule has 1 aromatic heterocycles. The molecular weight excluding hydrogens is 173 g/mol. The van der Waals surface area contributed by atoms with Gasteiger partial charge in [0.15, 0.2) is 5.69 Å². The molecular formula is C5H5Cl2N3. The number of halogens is 2. The van der Waals surface area contributed by atoms with Crippen molar-refractivity contribution in [2.75, 3.05) is 0 Å². The van der Waals surface area contributed by atoms with Gasteiger partial charge in [-0.2, -0.15) is 10.4 Å². The molecule has 0 fully saturated rings. The molecule has 0 aliphatic carbocycles. The van der Waals surface area contributed by atoms with Crippen LogP contribution in [0.5, 0.6) is 0 Å². The van der Waals surface area contributed by atoms with Crippen molar-refractivity contribution < 1.29 is 0 Å². The zero-order valence-electron chi connectivity index (χ0n) is 4.89. The maximum atomic E-state index is 8.19. The highest BCUT2D eigenvalue weighted by atomic mass is 35.5. The number of nitriles is 1. The molecule has 0 spiro atoms. The van der Waals surface area contributed by atoms with Crippen LogP contribution in [0.2, 0.25) is 0 Å². The number of hydrogen-bond donors (Lipinski definition) is 0. The van der Waals surface area contributed by atoms with Crippen molar-refractivity contribution in [3.8, 4) is 6.07 Å². The minimum Gasteiger partial charge on any atom is -0.191 e. The quantitative estimate of drug-likeness (QED) is 0.599. The standard InChI is InChI=1S/C5H3N3.2ClH/c6-4-5-2-1-3-7-8-5;;/h1-3H;2*1H. The van der Waals surface area contributed by atoms with Gasteiger partial charge in [0, 0.05) is 6.20 Å². The summed E-state index contributed by atoms with van der Waals surface area (Å²) in [7, 11) is 0. The Kier molecular flexibility index (Phi) is 7.46. The highest BCUT2D eigenvalue weighted by Crippen LogP contribution is 1.83. The van der Waals surface area contributed by atoms with Gasteiger partial charge >= 0.3 is 0 Å². The summed E-state index contributed by atoms with van der Waals surface area (Å²) in [5.41, 5.74) is 0.354. The summed E-state index contributed by atoms with van der Waals surface area (Å²) in [5, 5.41) is 15.2. The van der Waals surface area contributed by atoms with E-state index in [1.165, 1.54) is 6.20 Å². The van der Waals surface area contributed by atoms with E-state index >= 15 is 0 Å². The smallest absolute Gasteiger partial charge is 0.163 e. The molecule has 1 heterocycles. The predicted molar refractivity (Wildman–Crippen MR) is 41.2 cm³/mol. The molecule has 0 aliphatic heterocycles. The third-order valence-electron chi connectivity index (χ3n) is 0.687. The van der Waals surface area contributed by atoms with Gasteiger partial charge in [-0.25, -0.2) is 0 Å². The van der Waals surface area contributed by atoms with Crippen molar-refractivity contribution in [3.63, 3.8) is 0 Å². The monoisotopic (exact) mass is 177 g/mol. The molecule has 0 aromatic carbocycles. The minimum absolute atomic E-state index is 0. The van der Waals surface area contributed by atoms with Crippen molar-refractivity contribution >= 4 is 24.8 Å². The minimum atomic E-state index is 0. The van der Waals surface area contributed by atoms with E-state index in [-0.39, 0.29) is 24.8 Å². The van der Waals surface area contributed by atoms with Gasteiger partial charge in [0.2, 0.25) is 0 Å². The van der Waals surface area contributed by atoms with Crippen molar-refractivity contribution in [3.05, 3.63) is 24.0 Å². The molecule has 3 nitrogen and oxygen atoms in total. The zero-order valence-corrected chi connectivity index (χ0v) is 6.52. The molecule has 54 valence electrons. The van der Waals surface area contributed by atoms with Gasteiger partial charge in [-0.1, -0.05) is 0 Å². The van der Waals surface area contributed by atoms with Gasteiger partial charge in [-0.05, 0) is 12.1 Å². The second-order valence-electron chi connectivity index (χ2n) is 1.22. The summed E-state index contributed by atoms with van der Waals surface area (Å²) in [5.74, 6) is 0. The van der Waals surface area contributed by atoms with E-state index in [4.69, 9.17) is 5.26 Å². The maximum Gasteiger partial charge on any atom is 0.163 e. The molecule has 0 saturated carbocycles. The van der Waals surface area contributed by atoms with Crippen molar-refractivity contribution in [2.24, 2.45) is 0 Å². The lowest BCUT2D eigenvalue weighted by Gasteiger charge is -1.78. The zero-order chi connectivity index (χ0) is 5.82. The summed E-state index contributed by atoms with van der Waals surface area (Å²) in [6.45, 7) is 0. The third-order valence-corrected chi connectivity index (χ3v) is 0.687. The Morgan fingerprint density at radius 3 is 2.40 bits per heavy atom. The first kappa shape index (κ1) is 11.9. The lowest BCUT2D eigenvalue weighted by molar-refractivity contribution is 1.01. The number of rotatable bonds is 0. The molecule has 0 bridgehead atoms. The number of aromatic nitrogens is 2. The van der Waals surface area contributed by atoms with Crippen LogP contribution >= 0.6 is 24.8 Å². The van der Waals surface area contributed by atoms with Crippen LogP contribution in [0.15, 0.2) is 18.3 Å². The topological polar surface area (TPSA) is 49.6 Å². The van der Waals surface area contributed by atoms with Gasteiger partial charge in [0.05, 0.1) is 0 Å². The van der Waals surface area contributed by atoms with Crippen LogP contribution in [0.25, 0.3) is 0 Å². The Bertz CT molecular complexity index is 206. The molecule has 0 unspecified atom stereocenters. The molecule has 1 aromatic rings. The molecule has 1 rings (SSSR count). The normalized spacial score (nSPS) is 6.30. The van der Waals surface area contributed by atoms with Gasteiger partial charge in [0.1, 0.15) is 6.07 Å². The van der Waals surface area contributed by atoms with Crippen molar-refractivity contribution in [2.45, 2.75) is 0 Å². The molecule has 0 radical (unpaired) electrons. The first-order valence-electron chi connectivity index (χ1n) is 2.11. The van der Waals surface area contributed by atoms with E-state index in [2.05, 4.69) is 10.2 Å². The maximum absolute atomic E-state index is 8.19. The van der Waals surface area contributed by atoms with Gasteiger partial charge in [0.25, 0.3) is 0 Å². The first-order chi connectivity index (χ1) is 3.93. The first-order valence-corrected chi connectivity index (χ1v) is 2.11. The van der Waals surface area contributed by atoms with Gasteiger partial charge < -0.3 is 0 Å². The SMILES string of the molecule is Cl.Cl.N#Cc1cccnn1. The van der Waals surface area contributed by atoms with Crippen LogP contribution < -0.4 is 0 Å². The van der Waals surface area contributed by atoms with Crippen molar-refractivity contribution in [1.29, 1.82) is 5.26 Å². The molecule has 0 saturated heterocycles. The van der Waals surface area contributed by atoms with Crippen LogP contribution in [0.4, 0.5) is 0 Å². The predicted octanol–water partition coefficient (Wildman–Crippen LogP) is 1.19. The fraction of sp³-hybridized carbons (Fsp3) is 0. The lowest BCUT2D eigenvalue weighted by Crippen LogP contribution is -1.81. The van der Waals surface area contributed by atoms with Gasteiger partial charge in [-0.15, -0.1) is 29.9 Å². The Morgan fingerprint density at radius 2 is 2.10 bits per heavy atom. The van der Waals surface area contributed by atoms with E-state index in [1.807, 2.05) is 6.07 Å². The molecule has 5 heteroatoms. The summed E-state index contributed by atoms with van der Waals surface area (Å²) in [6.07, 6.45) is 1.53. The lowest BCUT2D eigenvalue weighted by atomic mass is 10.4. The fourth-order valence-corrected chi connectivity index (χ4v) is 0.361. The average Bonchev–Trinajstić information content (AvgIpc) is 1.90. The molecule has 0 aliphatic rings. The van der Waals surface area contributed by atoms with E-state index in [1.54, 1.807) is 12.1 Å². The molecule has 10 heavy (non-hydrogen) atoms. The Hall–Kier alpha value is -0.850. The van der Waals surface area contributed by atoms with Crippen LogP contribution in [-0.4, -0.2) is 10.2 Å². The van der Waals surface area contributed by atoms with E-state index < -0.39 is 0 Å². The van der Waals surface area contributed by atoms with Crippen LogP contribution in [0, 0.1) is 11.3 Å². The molecule has 0 amide bonds. The Balaban J connectivity index is 0. The van der Waals surface area contributed by atoms with E-state index in [0.29, 0.717) is 5.69 Å². The highest BCUT2D eigenvalue weighted by molar-refractivity contribution is 5.85. The largest absolute Gasteiger partial charge is 0.191 e. The highest BCUT2D eigenvalue weighted by Gasteiger charge is 1.82. The summed E-state index contributed by atoms with van der Waals surface area (Å²) >= 11 is 0. The second-order valence-corrected chi connectivity index (χ2v) is 1.22. The number of hydrogen-bond acceptors (Lipinski definition) is 3. The average molecular weight is 178 g/mol. The van der Waals surface area contributed by atoms with E-state index in [9.17, 15) is 0 Å². The van der Waals surface area contributed by atoms with Crippen LogP contribution in [-0.2, 0) is 0 Å². The number of nitrogens with zero attached hydrogens (tertiary/aromatic N) is 3. The molecule has 0 atom stereocenters. The second kappa shape index (κ2) is 6.27. The third kappa shape index (κ3) is 3.23. The van der Waals surface area contributed by atoms with Gasteiger partial charge in [-0.3, -0.25) is 0 Å². The van der Waals surface area contributed by atoms with Crippen LogP contribution in [0.3, 0.4) is 0 Å². The molecule has 0 N–H and O–H groups in total. The van der Waals surface area contributed by atoms with Crippen LogP contribution in [0.1, 0.15) is 5.69 Å². The Labute approximate surface area is 70.9 Å². The summed E-state index contributed by atoms with van der Waals surface area (Å²) < 4.78 is 0. The summed E-state index contributed by atoms with van der Waals surface area (Å²) in [6, 6.07) is 5.13. The fourth-order valence-electron chi connectivity index (χ4n) is 0.361. The Morgan fingerprint density at radius 1 is 1.40 bits per heavy atom. The van der Waals surface area contributed by atoms with Crippen molar-refractivity contribution in [1.82, 2.24) is 10.2 Å².